The summed E-state index contributed by atoms with van der Waals surface area (Å²) in [5, 5.41) is 20.8. The number of rotatable bonds is 7. The van der Waals surface area contributed by atoms with Crippen LogP contribution in [0.4, 0.5) is 4.79 Å². The van der Waals surface area contributed by atoms with Gasteiger partial charge in [-0.05, 0) is 58.9 Å². The molecule has 10 heteroatoms. The van der Waals surface area contributed by atoms with Gasteiger partial charge in [0.05, 0.1) is 22.6 Å². The van der Waals surface area contributed by atoms with Crippen LogP contribution in [0.15, 0.2) is 53.4 Å². The van der Waals surface area contributed by atoms with E-state index in [-0.39, 0.29) is 8.33 Å². The number of benzene rings is 2. The van der Waals surface area contributed by atoms with Crippen LogP contribution in [-0.4, -0.2) is 58.1 Å². The Morgan fingerprint density at radius 1 is 1.03 bits per heavy atom. The Morgan fingerprint density at radius 3 is 2.00 bits per heavy atom. The molecule has 6 N–H and O–H groups in total. The smallest absolute Gasteiger partial charge is 0.327 e. The summed E-state index contributed by atoms with van der Waals surface area (Å²) in [4.78, 5) is 12.2. The van der Waals surface area contributed by atoms with Crippen molar-refractivity contribution in [1.29, 1.82) is 0 Å². The lowest BCUT2D eigenvalue weighted by atomic mass is 9.90. The molecule has 0 saturated heterocycles. The largest absolute Gasteiger partial charge is 0.492 e. The van der Waals surface area contributed by atoms with Gasteiger partial charge in [-0.15, -0.1) is 0 Å². The molecule has 2 amide bonds. The quantitative estimate of drug-likeness (QED) is 0.359. The summed E-state index contributed by atoms with van der Waals surface area (Å²) >= 11 is 0. The molecule has 2 aromatic carbocycles. The van der Waals surface area contributed by atoms with Crippen molar-refractivity contribution in [2.24, 2.45) is 0 Å². The van der Waals surface area contributed by atoms with E-state index in [1.165, 1.54) is 0 Å². The minimum atomic E-state index is -1.58. The predicted octanol–water partition coefficient (Wildman–Crippen LogP) is 1.39. The van der Waals surface area contributed by atoms with Crippen molar-refractivity contribution in [3.05, 3.63) is 54.1 Å². The van der Waals surface area contributed by atoms with Crippen LogP contribution in [0.3, 0.4) is 0 Å². The fraction of sp³-hybridized carbons (Fsp3) is 0.409. The van der Waals surface area contributed by atoms with Crippen LogP contribution < -0.4 is 20.2 Å². The summed E-state index contributed by atoms with van der Waals surface area (Å²) in [7, 11) is 3.99. The van der Waals surface area contributed by atoms with Gasteiger partial charge >= 0.3 is 6.03 Å². The van der Waals surface area contributed by atoms with Gasteiger partial charge < -0.3 is 25.7 Å². The third-order valence-electron chi connectivity index (χ3n) is 4.45. The van der Waals surface area contributed by atoms with Crippen molar-refractivity contribution in [2.75, 3.05) is 13.2 Å². The molecule has 2 radical (unpaired) electrons. The van der Waals surface area contributed by atoms with Crippen molar-refractivity contribution in [3.8, 4) is 5.75 Å². The maximum absolute atomic E-state index is 11.9. The molecular weight excluding hydrogens is 431 g/mol. The van der Waals surface area contributed by atoms with E-state index in [0.717, 1.165) is 5.56 Å². The highest BCUT2D eigenvalue weighted by molar-refractivity contribution is 7.83. The number of hydrogen-bond donors (Lipinski definition) is 4. The third-order valence-corrected chi connectivity index (χ3v) is 5.53. The highest BCUT2D eigenvalue weighted by Gasteiger charge is 2.31. The van der Waals surface area contributed by atoms with Crippen LogP contribution in [0.5, 0.6) is 5.75 Å². The molecule has 2 aromatic rings. The van der Waals surface area contributed by atoms with Crippen LogP contribution in [0.25, 0.3) is 0 Å². The molecule has 0 aliphatic heterocycles. The molecule has 0 aromatic heterocycles. The summed E-state index contributed by atoms with van der Waals surface area (Å²) in [5.41, 5.74) is -0.288. The van der Waals surface area contributed by atoms with Gasteiger partial charge in [-0.1, -0.05) is 35.3 Å². The Balaban J connectivity index is -0.000000760. The second kappa shape index (κ2) is 13.2. The van der Waals surface area contributed by atoms with E-state index < -0.39 is 28.2 Å². The lowest BCUT2D eigenvalue weighted by Gasteiger charge is -2.31. The number of nitrogens with one attached hydrogen (secondary N) is 2. The second-order valence-corrected chi connectivity index (χ2v) is 9.19. The van der Waals surface area contributed by atoms with Gasteiger partial charge in [-0.25, -0.2) is 9.00 Å². The third kappa shape index (κ3) is 11.3. The zero-order valence-corrected chi connectivity index (χ0v) is 20.0. The Bertz CT molecular complexity index is 846. The monoisotopic (exact) mass is 468 g/mol. The second-order valence-electron chi connectivity index (χ2n) is 7.98. The number of aliphatic hydroxyl groups is 2. The maximum Gasteiger partial charge on any atom is 0.327 e. The molecule has 0 heterocycles. The molecular formula is C22H37BN2O6S. The Labute approximate surface area is 196 Å². The van der Waals surface area contributed by atoms with Crippen molar-refractivity contribution in [3.63, 3.8) is 0 Å². The molecule has 2 rings (SSSR count). The van der Waals surface area contributed by atoms with Crippen molar-refractivity contribution < 1.29 is 32.3 Å². The fourth-order valence-electron chi connectivity index (χ4n) is 1.74. The highest BCUT2D eigenvalue weighted by Crippen LogP contribution is 2.19. The van der Waals surface area contributed by atoms with Crippen molar-refractivity contribution >= 4 is 30.3 Å². The first-order valence-electron chi connectivity index (χ1n) is 9.75. The van der Waals surface area contributed by atoms with E-state index in [2.05, 4.69) is 10.0 Å². The highest BCUT2D eigenvalue weighted by atomic mass is 32.2. The summed E-state index contributed by atoms with van der Waals surface area (Å²) in [6.45, 7) is 8.84. The van der Waals surface area contributed by atoms with Gasteiger partial charge in [0.2, 0.25) is 0 Å². The van der Waals surface area contributed by atoms with E-state index in [9.17, 15) is 9.00 Å². The van der Waals surface area contributed by atoms with Gasteiger partial charge in [-0.3, -0.25) is 4.72 Å². The Kier molecular flexibility index (Phi) is 12.2. The molecule has 180 valence electrons. The molecule has 8 nitrogen and oxygen atoms in total. The van der Waals surface area contributed by atoms with Crippen LogP contribution in [-0.2, 0) is 11.0 Å². The molecule has 0 bridgehead atoms. The molecule has 0 spiro atoms. The first kappa shape index (κ1) is 29.6. The SMILES string of the molecule is CC(C)(O)C(C)(C)O.O.[B]c1ccc(OCCNC(=O)NS(=O)c2ccc(C)cc2)cc1.[HH].[HH]. The topological polar surface area (TPSA) is 139 Å². The lowest BCUT2D eigenvalue weighted by molar-refractivity contribution is -0.107. The maximum atomic E-state index is 11.9. The number of hydrogen-bond acceptors (Lipinski definition) is 5. The number of ether oxygens (including phenoxy) is 1. The average Bonchev–Trinajstić information content (AvgIpc) is 2.66. The van der Waals surface area contributed by atoms with Gasteiger partial charge in [0.25, 0.3) is 0 Å². The van der Waals surface area contributed by atoms with E-state index in [0.29, 0.717) is 29.3 Å². The first-order chi connectivity index (χ1) is 14.3. The van der Waals surface area contributed by atoms with Crippen LogP contribution >= 0.6 is 0 Å². The van der Waals surface area contributed by atoms with Crippen LogP contribution in [0.1, 0.15) is 36.1 Å². The van der Waals surface area contributed by atoms with E-state index in [1.807, 2.05) is 19.1 Å². The summed E-state index contributed by atoms with van der Waals surface area (Å²) in [6.07, 6.45) is 0. The van der Waals surface area contributed by atoms with Crippen LogP contribution in [0.2, 0.25) is 0 Å². The number of amides is 2. The van der Waals surface area contributed by atoms with Crippen molar-refractivity contribution in [2.45, 2.75) is 50.7 Å². The fourth-order valence-corrected chi connectivity index (χ4v) is 2.48. The van der Waals surface area contributed by atoms with Gasteiger partial charge in [0.1, 0.15) is 20.2 Å². The van der Waals surface area contributed by atoms with E-state index in [1.54, 1.807) is 64.1 Å². The molecule has 0 aliphatic carbocycles. The van der Waals surface area contributed by atoms with Crippen LogP contribution in [0, 0.1) is 6.92 Å². The number of carbonyl (C=O) groups excluding carboxylic acids is 1. The predicted molar refractivity (Wildman–Crippen MR) is 132 cm³/mol. The normalized spacial score (nSPS) is 11.8. The Hall–Kier alpha value is -2.40. The minimum absolute atomic E-state index is 0. The number of carbonyl (C=O) groups is 1. The zero-order valence-electron chi connectivity index (χ0n) is 19.1. The number of aryl methyl sites for hydroxylation is 1. The lowest BCUT2D eigenvalue weighted by Crippen LogP contribution is -2.44. The molecule has 1 unspecified atom stereocenters. The molecule has 0 saturated carbocycles. The number of urea groups is 1. The van der Waals surface area contributed by atoms with Gasteiger partial charge in [-0.2, -0.15) is 0 Å². The molecule has 1 atom stereocenters. The van der Waals surface area contributed by atoms with E-state index in [4.69, 9.17) is 22.8 Å². The minimum Gasteiger partial charge on any atom is -0.492 e. The molecule has 32 heavy (non-hydrogen) atoms. The first-order valence-corrected chi connectivity index (χ1v) is 10.9. The molecule has 0 fully saturated rings. The van der Waals surface area contributed by atoms with E-state index >= 15 is 0 Å². The summed E-state index contributed by atoms with van der Waals surface area (Å²) in [6, 6.07) is 13.6. The summed E-state index contributed by atoms with van der Waals surface area (Å²) in [5.74, 6) is 0.671. The Morgan fingerprint density at radius 2 is 1.53 bits per heavy atom. The van der Waals surface area contributed by atoms with Gasteiger partial charge in [0, 0.05) is 2.85 Å². The zero-order chi connectivity index (χ0) is 23.7. The standard InChI is InChI=1S/C16H17BN2O3S.C6H14O2.H2O.2H2/c1-12-2-8-15(9-3-12)23(21)19-16(20)18-10-11-22-14-6-4-13(17)5-7-14;1-5(2,7)6(3,4)8;;;/h2-9H,10-11H2,1H3,(H2,18,19,20);7-8H,1-4H3;1H2;2*1H. The van der Waals surface area contributed by atoms with Crippen molar-refractivity contribution in [1.82, 2.24) is 10.0 Å². The average molecular weight is 468 g/mol. The van der Waals surface area contributed by atoms with Gasteiger partial charge in [0.15, 0.2) is 11.0 Å². The summed E-state index contributed by atoms with van der Waals surface area (Å²) < 4.78 is 19.8. The molecule has 0 aliphatic rings.